The van der Waals surface area contributed by atoms with Gasteiger partial charge < -0.3 is 4.90 Å². The van der Waals surface area contributed by atoms with E-state index in [2.05, 4.69) is 4.98 Å². The molecular weight excluding hydrogens is 302 g/mol. The molecule has 7 heteroatoms. The summed E-state index contributed by atoms with van der Waals surface area (Å²) in [4.78, 5) is 18.3. The fraction of sp³-hybridized carbons (Fsp3) is 0.600. The van der Waals surface area contributed by atoms with E-state index in [0.717, 1.165) is 45.0 Å². The van der Waals surface area contributed by atoms with E-state index in [-0.39, 0.29) is 19.0 Å². The zero-order chi connectivity index (χ0) is 16.0. The highest BCUT2D eigenvalue weighted by Gasteiger charge is 2.24. The number of aromatic nitrogens is 1. The van der Waals surface area contributed by atoms with Gasteiger partial charge in [-0.3, -0.25) is 9.78 Å². The monoisotopic (exact) mass is 325 g/mol. The SMILES string of the molecule is CS(=O)(=O)N(CC(=O)N1CCCCCC1)Cc1ccccn1. The van der Waals surface area contributed by atoms with Gasteiger partial charge >= 0.3 is 0 Å². The van der Waals surface area contributed by atoms with Crippen LogP contribution in [0.3, 0.4) is 0 Å². The van der Waals surface area contributed by atoms with Gasteiger partial charge in [0.05, 0.1) is 25.0 Å². The summed E-state index contributed by atoms with van der Waals surface area (Å²) in [7, 11) is -3.46. The molecule has 22 heavy (non-hydrogen) atoms. The number of carbonyl (C=O) groups excluding carboxylic acids is 1. The van der Waals surface area contributed by atoms with Crippen LogP contribution in [-0.2, 0) is 21.4 Å². The molecule has 1 aromatic rings. The van der Waals surface area contributed by atoms with Gasteiger partial charge in [-0.15, -0.1) is 0 Å². The zero-order valence-electron chi connectivity index (χ0n) is 12.9. The Morgan fingerprint density at radius 3 is 2.45 bits per heavy atom. The molecule has 0 unspecified atom stereocenters. The quantitative estimate of drug-likeness (QED) is 0.817. The van der Waals surface area contributed by atoms with Crippen LogP contribution in [-0.4, -0.2) is 54.4 Å². The van der Waals surface area contributed by atoms with Gasteiger partial charge in [0.1, 0.15) is 0 Å². The first-order chi connectivity index (χ1) is 10.5. The van der Waals surface area contributed by atoms with Crippen molar-refractivity contribution in [3.63, 3.8) is 0 Å². The molecular formula is C15H23N3O3S. The number of nitrogens with zero attached hydrogens (tertiary/aromatic N) is 3. The number of likely N-dealkylation sites (tertiary alicyclic amines) is 1. The van der Waals surface area contributed by atoms with E-state index < -0.39 is 10.0 Å². The van der Waals surface area contributed by atoms with Crippen molar-refractivity contribution in [3.05, 3.63) is 30.1 Å². The first-order valence-corrected chi connectivity index (χ1v) is 9.44. The Kier molecular flexibility index (Phi) is 5.90. The minimum atomic E-state index is -3.46. The van der Waals surface area contributed by atoms with Crippen molar-refractivity contribution in [1.82, 2.24) is 14.2 Å². The lowest BCUT2D eigenvalue weighted by atomic mass is 10.2. The normalized spacial score (nSPS) is 16.5. The van der Waals surface area contributed by atoms with Crippen LogP contribution in [0.1, 0.15) is 31.4 Å². The Morgan fingerprint density at radius 1 is 1.23 bits per heavy atom. The first kappa shape index (κ1) is 16.9. The van der Waals surface area contributed by atoms with E-state index in [1.165, 1.54) is 4.31 Å². The van der Waals surface area contributed by atoms with Gasteiger partial charge in [0.2, 0.25) is 15.9 Å². The first-order valence-electron chi connectivity index (χ1n) is 7.59. The molecule has 0 aromatic carbocycles. The number of pyridine rings is 1. The Morgan fingerprint density at radius 2 is 1.91 bits per heavy atom. The standard InChI is InChI=1S/C15H23N3O3S/c1-22(20,21)18(12-14-8-4-5-9-16-14)13-15(19)17-10-6-2-3-7-11-17/h4-5,8-9H,2-3,6-7,10-13H2,1H3. The molecule has 1 saturated heterocycles. The van der Waals surface area contributed by atoms with Gasteiger partial charge in [-0.2, -0.15) is 4.31 Å². The second kappa shape index (κ2) is 7.69. The molecule has 0 atom stereocenters. The summed E-state index contributed by atoms with van der Waals surface area (Å²) in [5.41, 5.74) is 0.636. The topological polar surface area (TPSA) is 70.6 Å². The summed E-state index contributed by atoms with van der Waals surface area (Å²) in [6.45, 7) is 1.45. The average molecular weight is 325 g/mol. The number of carbonyl (C=O) groups is 1. The predicted octanol–water partition coefficient (Wildman–Crippen LogP) is 1.25. The molecule has 0 radical (unpaired) electrons. The second-order valence-corrected chi connectivity index (χ2v) is 7.63. The number of hydrogen-bond acceptors (Lipinski definition) is 4. The van der Waals surface area contributed by atoms with Crippen LogP contribution in [0.5, 0.6) is 0 Å². The Labute approximate surface area is 132 Å². The molecule has 0 bridgehead atoms. The van der Waals surface area contributed by atoms with E-state index in [9.17, 15) is 13.2 Å². The van der Waals surface area contributed by atoms with Crippen LogP contribution < -0.4 is 0 Å². The summed E-state index contributed by atoms with van der Waals surface area (Å²) in [5.74, 6) is -0.122. The third-order valence-electron chi connectivity index (χ3n) is 3.80. The van der Waals surface area contributed by atoms with Crippen LogP contribution >= 0.6 is 0 Å². The molecule has 0 spiro atoms. The molecule has 2 heterocycles. The number of rotatable bonds is 5. The zero-order valence-corrected chi connectivity index (χ0v) is 13.8. The lowest BCUT2D eigenvalue weighted by Gasteiger charge is -2.25. The number of sulfonamides is 1. The van der Waals surface area contributed by atoms with Gasteiger partial charge in [0.25, 0.3) is 0 Å². The van der Waals surface area contributed by atoms with Gasteiger partial charge in [0.15, 0.2) is 0 Å². The van der Waals surface area contributed by atoms with Crippen molar-refractivity contribution in [3.8, 4) is 0 Å². The molecule has 1 aromatic heterocycles. The van der Waals surface area contributed by atoms with Crippen molar-refractivity contribution in [2.45, 2.75) is 32.2 Å². The third-order valence-corrected chi connectivity index (χ3v) is 5.00. The minimum absolute atomic E-state index is 0.116. The highest BCUT2D eigenvalue weighted by molar-refractivity contribution is 7.88. The fourth-order valence-electron chi connectivity index (χ4n) is 2.53. The predicted molar refractivity (Wildman–Crippen MR) is 84.5 cm³/mol. The van der Waals surface area contributed by atoms with Crippen LogP contribution in [0.2, 0.25) is 0 Å². The molecule has 0 N–H and O–H groups in total. The molecule has 1 aliphatic rings. The highest BCUT2D eigenvalue weighted by Crippen LogP contribution is 2.12. The van der Waals surface area contributed by atoms with Gasteiger partial charge in [0, 0.05) is 19.3 Å². The maximum Gasteiger partial charge on any atom is 0.237 e. The average Bonchev–Trinajstić information content (AvgIpc) is 2.76. The lowest BCUT2D eigenvalue weighted by Crippen LogP contribution is -2.42. The summed E-state index contributed by atoms with van der Waals surface area (Å²) in [6.07, 6.45) is 6.99. The lowest BCUT2D eigenvalue weighted by molar-refractivity contribution is -0.131. The van der Waals surface area contributed by atoms with Crippen LogP contribution in [0.15, 0.2) is 24.4 Å². The molecule has 1 fully saturated rings. The fourth-order valence-corrected chi connectivity index (χ4v) is 3.25. The highest BCUT2D eigenvalue weighted by atomic mass is 32.2. The van der Waals surface area contributed by atoms with Crippen molar-refractivity contribution < 1.29 is 13.2 Å². The molecule has 6 nitrogen and oxygen atoms in total. The third kappa shape index (κ3) is 5.06. The van der Waals surface area contributed by atoms with Crippen molar-refractivity contribution in [1.29, 1.82) is 0 Å². The molecule has 0 saturated carbocycles. The summed E-state index contributed by atoms with van der Waals surface area (Å²) in [6, 6.07) is 5.34. The van der Waals surface area contributed by atoms with Gasteiger partial charge in [-0.1, -0.05) is 18.9 Å². The second-order valence-electron chi connectivity index (χ2n) is 5.65. The number of hydrogen-bond donors (Lipinski definition) is 0. The molecule has 1 amide bonds. The van der Waals surface area contributed by atoms with E-state index in [4.69, 9.17) is 0 Å². The van der Waals surface area contributed by atoms with E-state index in [1.54, 1.807) is 29.3 Å². The summed E-state index contributed by atoms with van der Waals surface area (Å²) < 4.78 is 25.1. The summed E-state index contributed by atoms with van der Waals surface area (Å²) >= 11 is 0. The Hall–Kier alpha value is -1.47. The van der Waals surface area contributed by atoms with Gasteiger partial charge in [-0.05, 0) is 25.0 Å². The van der Waals surface area contributed by atoms with E-state index in [0.29, 0.717) is 5.69 Å². The van der Waals surface area contributed by atoms with Crippen molar-refractivity contribution in [2.75, 3.05) is 25.9 Å². The molecule has 0 aliphatic carbocycles. The van der Waals surface area contributed by atoms with Crippen molar-refractivity contribution in [2.24, 2.45) is 0 Å². The molecule has 2 rings (SSSR count). The number of amides is 1. The van der Waals surface area contributed by atoms with E-state index >= 15 is 0 Å². The Balaban J connectivity index is 2.05. The van der Waals surface area contributed by atoms with Crippen LogP contribution in [0.25, 0.3) is 0 Å². The maximum absolute atomic E-state index is 12.4. The van der Waals surface area contributed by atoms with Gasteiger partial charge in [-0.25, -0.2) is 8.42 Å². The van der Waals surface area contributed by atoms with Crippen LogP contribution in [0, 0.1) is 0 Å². The maximum atomic E-state index is 12.4. The van der Waals surface area contributed by atoms with Crippen LogP contribution in [0.4, 0.5) is 0 Å². The minimum Gasteiger partial charge on any atom is -0.342 e. The Bertz CT molecular complexity index is 581. The van der Waals surface area contributed by atoms with Crippen molar-refractivity contribution >= 4 is 15.9 Å². The van der Waals surface area contributed by atoms with E-state index in [1.807, 2.05) is 0 Å². The largest absolute Gasteiger partial charge is 0.342 e. The summed E-state index contributed by atoms with van der Waals surface area (Å²) in [5, 5.41) is 0. The molecule has 1 aliphatic heterocycles. The molecule has 122 valence electrons. The smallest absolute Gasteiger partial charge is 0.237 e.